The van der Waals surface area contributed by atoms with Crippen LogP contribution in [0.15, 0.2) is 30.3 Å². The lowest BCUT2D eigenvalue weighted by Crippen LogP contribution is -2.42. The molecular formula is C15H23NO2. The van der Waals surface area contributed by atoms with Crippen LogP contribution in [-0.4, -0.2) is 31.5 Å². The first kappa shape index (κ1) is 13.5. The third kappa shape index (κ3) is 3.31. The van der Waals surface area contributed by atoms with Crippen LogP contribution >= 0.6 is 0 Å². The van der Waals surface area contributed by atoms with E-state index in [1.807, 2.05) is 6.07 Å². The summed E-state index contributed by atoms with van der Waals surface area (Å²) in [6, 6.07) is 10.7. The van der Waals surface area contributed by atoms with E-state index in [0.717, 1.165) is 32.6 Å². The average molecular weight is 249 g/mol. The highest BCUT2D eigenvalue weighted by molar-refractivity contribution is 5.18. The minimum atomic E-state index is 0.00128. The van der Waals surface area contributed by atoms with Crippen LogP contribution in [0.2, 0.25) is 0 Å². The van der Waals surface area contributed by atoms with Crippen molar-refractivity contribution in [2.45, 2.75) is 25.8 Å². The maximum atomic E-state index is 9.63. The predicted molar refractivity (Wildman–Crippen MR) is 72.4 cm³/mol. The molecule has 100 valence electrons. The molecule has 1 heterocycles. The van der Waals surface area contributed by atoms with E-state index in [4.69, 9.17) is 4.74 Å². The molecule has 0 aromatic heterocycles. The third-order valence-electron chi connectivity index (χ3n) is 3.97. The average Bonchev–Trinajstić information content (AvgIpc) is 2.47. The number of hydrogen-bond donors (Lipinski definition) is 2. The molecule has 0 spiro atoms. The smallest absolute Gasteiger partial charge is 0.0501 e. The summed E-state index contributed by atoms with van der Waals surface area (Å²) in [6.45, 7) is 4.79. The van der Waals surface area contributed by atoms with Crippen LogP contribution in [0.5, 0.6) is 0 Å². The Labute approximate surface area is 109 Å². The van der Waals surface area contributed by atoms with Crippen molar-refractivity contribution in [2.24, 2.45) is 5.41 Å². The molecule has 1 aromatic rings. The fourth-order valence-corrected chi connectivity index (χ4v) is 2.42. The number of hydrogen-bond acceptors (Lipinski definition) is 3. The zero-order valence-corrected chi connectivity index (χ0v) is 11.1. The summed E-state index contributed by atoms with van der Waals surface area (Å²) in [5.41, 5.74) is 1.29. The van der Waals surface area contributed by atoms with Gasteiger partial charge in [-0.3, -0.25) is 0 Å². The Hall–Kier alpha value is -0.900. The van der Waals surface area contributed by atoms with E-state index in [1.165, 1.54) is 5.56 Å². The Kier molecular flexibility index (Phi) is 4.75. The highest BCUT2D eigenvalue weighted by atomic mass is 16.5. The lowest BCUT2D eigenvalue weighted by Gasteiger charge is -2.36. The number of ether oxygens (including phenoxy) is 1. The number of benzene rings is 1. The monoisotopic (exact) mass is 249 g/mol. The summed E-state index contributed by atoms with van der Waals surface area (Å²) < 4.78 is 5.38. The van der Waals surface area contributed by atoms with Crippen molar-refractivity contribution in [3.63, 3.8) is 0 Å². The van der Waals surface area contributed by atoms with Gasteiger partial charge in [0.15, 0.2) is 0 Å². The zero-order valence-electron chi connectivity index (χ0n) is 11.1. The maximum absolute atomic E-state index is 9.63. The van der Waals surface area contributed by atoms with Crippen molar-refractivity contribution in [2.75, 3.05) is 26.4 Å². The van der Waals surface area contributed by atoms with Gasteiger partial charge >= 0.3 is 0 Å². The summed E-state index contributed by atoms with van der Waals surface area (Å²) in [6.07, 6.45) is 1.88. The molecule has 0 radical (unpaired) electrons. The van der Waals surface area contributed by atoms with Gasteiger partial charge in [0.2, 0.25) is 0 Å². The van der Waals surface area contributed by atoms with Crippen LogP contribution in [0, 0.1) is 5.41 Å². The van der Waals surface area contributed by atoms with Gasteiger partial charge in [-0.2, -0.15) is 0 Å². The first-order valence-electron chi connectivity index (χ1n) is 6.73. The molecule has 1 aliphatic heterocycles. The Balaban J connectivity index is 1.90. The molecule has 0 amide bonds. The van der Waals surface area contributed by atoms with Gasteiger partial charge in [0.1, 0.15) is 0 Å². The van der Waals surface area contributed by atoms with Crippen LogP contribution in [0.1, 0.15) is 31.4 Å². The third-order valence-corrected chi connectivity index (χ3v) is 3.97. The molecule has 0 bridgehead atoms. The minimum Gasteiger partial charge on any atom is -0.396 e. The molecule has 3 nitrogen and oxygen atoms in total. The molecule has 1 atom stereocenters. The van der Waals surface area contributed by atoms with E-state index < -0.39 is 0 Å². The molecule has 1 aromatic carbocycles. The Morgan fingerprint density at radius 1 is 1.28 bits per heavy atom. The Morgan fingerprint density at radius 2 is 1.94 bits per heavy atom. The van der Waals surface area contributed by atoms with Gasteiger partial charge < -0.3 is 15.2 Å². The second kappa shape index (κ2) is 6.32. The van der Waals surface area contributed by atoms with Gasteiger partial charge in [-0.1, -0.05) is 30.3 Å². The first-order valence-corrected chi connectivity index (χ1v) is 6.73. The van der Waals surface area contributed by atoms with Crippen molar-refractivity contribution in [3.8, 4) is 0 Å². The largest absolute Gasteiger partial charge is 0.396 e. The quantitative estimate of drug-likeness (QED) is 0.840. The van der Waals surface area contributed by atoms with Gasteiger partial charge in [0.25, 0.3) is 0 Å². The molecule has 2 rings (SSSR count). The van der Waals surface area contributed by atoms with Crippen molar-refractivity contribution >= 4 is 0 Å². The molecule has 1 saturated heterocycles. The van der Waals surface area contributed by atoms with E-state index in [-0.39, 0.29) is 12.0 Å². The van der Waals surface area contributed by atoms with Crippen LogP contribution < -0.4 is 5.32 Å². The van der Waals surface area contributed by atoms with Gasteiger partial charge in [0.05, 0.1) is 6.61 Å². The first-order chi connectivity index (χ1) is 8.76. The standard InChI is InChI=1S/C15H23NO2/c1-13(14-5-3-2-4-6-14)16-11-15(12-17)7-9-18-10-8-15/h2-6,13,16-17H,7-12H2,1H3. The number of aliphatic hydroxyl groups is 1. The fraction of sp³-hybridized carbons (Fsp3) is 0.600. The van der Waals surface area contributed by atoms with Crippen LogP contribution in [0.3, 0.4) is 0 Å². The second-order valence-corrected chi connectivity index (χ2v) is 5.28. The molecule has 18 heavy (non-hydrogen) atoms. The van der Waals surface area contributed by atoms with Crippen molar-refractivity contribution in [1.29, 1.82) is 0 Å². The van der Waals surface area contributed by atoms with E-state index in [1.54, 1.807) is 0 Å². The fourth-order valence-electron chi connectivity index (χ4n) is 2.42. The van der Waals surface area contributed by atoms with E-state index in [0.29, 0.717) is 6.04 Å². The highest BCUT2D eigenvalue weighted by Crippen LogP contribution is 2.29. The topological polar surface area (TPSA) is 41.5 Å². The van der Waals surface area contributed by atoms with Crippen LogP contribution in [0.25, 0.3) is 0 Å². The Bertz CT molecular complexity index is 347. The minimum absolute atomic E-state index is 0.00128. The molecular weight excluding hydrogens is 226 g/mol. The summed E-state index contributed by atoms with van der Waals surface area (Å²) in [5, 5.41) is 13.2. The SMILES string of the molecule is CC(NCC1(CO)CCOCC1)c1ccccc1. The van der Waals surface area contributed by atoms with Crippen molar-refractivity contribution in [1.82, 2.24) is 5.32 Å². The highest BCUT2D eigenvalue weighted by Gasteiger charge is 2.32. The molecule has 3 heteroatoms. The molecule has 1 aliphatic rings. The zero-order chi connectivity index (χ0) is 12.8. The number of nitrogens with one attached hydrogen (secondary N) is 1. The predicted octanol–water partition coefficient (Wildman–Crippen LogP) is 2.13. The Morgan fingerprint density at radius 3 is 2.56 bits per heavy atom. The van der Waals surface area contributed by atoms with Gasteiger partial charge in [-0.25, -0.2) is 0 Å². The molecule has 0 saturated carbocycles. The summed E-state index contributed by atoms with van der Waals surface area (Å²) in [4.78, 5) is 0. The van der Waals surface area contributed by atoms with Gasteiger partial charge in [-0.05, 0) is 25.3 Å². The summed E-state index contributed by atoms with van der Waals surface area (Å²) >= 11 is 0. The van der Waals surface area contributed by atoms with Gasteiger partial charge in [-0.15, -0.1) is 0 Å². The number of aliphatic hydroxyl groups excluding tert-OH is 1. The van der Waals surface area contributed by atoms with Crippen LogP contribution in [-0.2, 0) is 4.74 Å². The van der Waals surface area contributed by atoms with E-state index in [9.17, 15) is 5.11 Å². The summed E-state index contributed by atoms with van der Waals surface area (Å²) in [5.74, 6) is 0. The summed E-state index contributed by atoms with van der Waals surface area (Å²) in [7, 11) is 0. The molecule has 2 N–H and O–H groups in total. The lowest BCUT2D eigenvalue weighted by atomic mass is 9.80. The van der Waals surface area contributed by atoms with Crippen LogP contribution in [0.4, 0.5) is 0 Å². The lowest BCUT2D eigenvalue weighted by molar-refractivity contribution is -0.0163. The second-order valence-electron chi connectivity index (χ2n) is 5.28. The van der Waals surface area contributed by atoms with Gasteiger partial charge in [0, 0.05) is 31.2 Å². The molecule has 1 unspecified atom stereocenters. The van der Waals surface area contributed by atoms with Crippen molar-refractivity contribution in [3.05, 3.63) is 35.9 Å². The van der Waals surface area contributed by atoms with Crippen molar-refractivity contribution < 1.29 is 9.84 Å². The normalized spacial score (nSPS) is 20.6. The maximum Gasteiger partial charge on any atom is 0.0501 e. The number of rotatable bonds is 5. The van der Waals surface area contributed by atoms with E-state index >= 15 is 0 Å². The molecule has 0 aliphatic carbocycles. The molecule has 1 fully saturated rings. The van der Waals surface area contributed by atoms with E-state index in [2.05, 4.69) is 36.5 Å².